The van der Waals surface area contributed by atoms with E-state index in [4.69, 9.17) is 4.74 Å². The molecule has 1 aromatic rings. The van der Waals surface area contributed by atoms with Crippen LogP contribution in [0.4, 0.5) is 0 Å². The van der Waals surface area contributed by atoms with Crippen LogP contribution in [0.2, 0.25) is 0 Å². The van der Waals surface area contributed by atoms with Gasteiger partial charge in [-0.05, 0) is 30.5 Å². The zero-order valence-electron chi connectivity index (χ0n) is 13.8. The normalized spacial score (nSPS) is 16.3. The minimum Gasteiger partial charge on any atom is -0.497 e. The second-order valence-corrected chi connectivity index (χ2v) is 5.83. The SMILES string of the molecule is COc1ccc(C(NC(=O)C2CCN(C(C)=O)CC2)C(=O)O)cc1. The van der Waals surface area contributed by atoms with Gasteiger partial charge < -0.3 is 20.1 Å². The molecule has 1 heterocycles. The molecular weight excluding hydrogens is 312 g/mol. The van der Waals surface area contributed by atoms with Crippen LogP contribution in [0.15, 0.2) is 24.3 Å². The van der Waals surface area contributed by atoms with E-state index < -0.39 is 12.0 Å². The number of rotatable bonds is 5. The largest absolute Gasteiger partial charge is 0.497 e. The molecule has 0 aromatic heterocycles. The Morgan fingerprint density at radius 2 is 1.79 bits per heavy atom. The lowest BCUT2D eigenvalue weighted by molar-refractivity contribution is -0.143. The van der Waals surface area contributed by atoms with Gasteiger partial charge in [-0.3, -0.25) is 9.59 Å². The lowest BCUT2D eigenvalue weighted by Crippen LogP contribution is -2.44. The smallest absolute Gasteiger partial charge is 0.330 e. The van der Waals surface area contributed by atoms with Crippen molar-refractivity contribution in [3.8, 4) is 5.75 Å². The number of amides is 2. The summed E-state index contributed by atoms with van der Waals surface area (Å²) in [5.41, 5.74) is 0.484. The van der Waals surface area contributed by atoms with E-state index in [1.54, 1.807) is 29.2 Å². The van der Waals surface area contributed by atoms with Gasteiger partial charge in [0.15, 0.2) is 6.04 Å². The fourth-order valence-electron chi connectivity index (χ4n) is 2.80. The first-order valence-electron chi connectivity index (χ1n) is 7.85. The molecule has 1 unspecified atom stereocenters. The first kappa shape index (κ1) is 17.8. The van der Waals surface area contributed by atoms with E-state index in [0.29, 0.717) is 37.2 Å². The molecule has 1 aromatic carbocycles. The monoisotopic (exact) mass is 334 g/mol. The third kappa shape index (κ3) is 4.24. The number of aliphatic carboxylic acids is 1. The van der Waals surface area contributed by atoms with Crippen LogP contribution >= 0.6 is 0 Å². The van der Waals surface area contributed by atoms with E-state index in [2.05, 4.69) is 5.32 Å². The molecule has 1 saturated heterocycles. The molecule has 0 radical (unpaired) electrons. The summed E-state index contributed by atoms with van der Waals surface area (Å²) in [6.07, 6.45) is 1.08. The fraction of sp³-hybridized carbons (Fsp3) is 0.471. The molecule has 24 heavy (non-hydrogen) atoms. The van der Waals surface area contributed by atoms with Crippen molar-refractivity contribution in [2.75, 3.05) is 20.2 Å². The Kier molecular flexibility index (Phi) is 5.78. The number of carbonyl (C=O) groups excluding carboxylic acids is 2. The zero-order chi connectivity index (χ0) is 17.7. The Balaban J connectivity index is 2.01. The Bertz CT molecular complexity index is 606. The van der Waals surface area contributed by atoms with E-state index in [1.807, 2.05) is 0 Å². The van der Waals surface area contributed by atoms with Crippen LogP contribution in [0.1, 0.15) is 31.4 Å². The minimum atomic E-state index is -1.12. The first-order valence-corrected chi connectivity index (χ1v) is 7.85. The third-order valence-corrected chi connectivity index (χ3v) is 4.29. The summed E-state index contributed by atoms with van der Waals surface area (Å²) in [6.45, 7) is 2.55. The van der Waals surface area contributed by atoms with Crippen LogP contribution in [0.25, 0.3) is 0 Å². The Labute approximate surface area is 140 Å². The molecule has 7 heteroatoms. The van der Waals surface area contributed by atoms with Crippen molar-refractivity contribution in [3.63, 3.8) is 0 Å². The maximum atomic E-state index is 12.4. The maximum Gasteiger partial charge on any atom is 0.330 e. The van der Waals surface area contributed by atoms with Crippen LogP contribution in [-0.4, -0.2) is 48.0 Å². The lowest BCUT2D eigenvalue weighted by atomic mass is 9.95. The van der Waals surface area contributed by atoms with Gasteiger partial charge in [0.05, 0.1) is 7.11 Å². The summed E-state index contributed by atoms with van der Waals surface area (Å²) in [5, 5.41) is 12.0. The third-order valence-electron chi connectivity index (χ3n) is 4.29. The van der Waals surface area contributed by atoms with Gasteiger partial charge >= 0.3 is 5.97 Å². The zero-order valence-corrected chi connectivity index (χ0v) is 13.8. The molecule has 130 valence electrons. The molecule has 2 amide bonds. The number of carbonyl (C=O) groups is 3. The number of methoxy groups -OCH3 is 1. The van der Waals surface area contributed by atoms with Gasteiger partial charge in [0.25, 0.3) is 0 Å². The lowest BCUT2D eigenvalue weighted by Gasteiger charge is -2.31. The molecular formula is C17H22N2O5. The van der Waals surface area contributed by atoms with Crippen molar-refractivity contribution in [2.24, 2.45) is 5.92 Å². The van der Waals surface area contributed by atoms with E-state index in [1.165, 1.54) is 14.0 Å². The standard InChI is InChI=1S/C17H22N2O5/c1-11(20)19-9-7-13(8-10-19)16(21)18-15(17(22)23)12-3-5-14(24-2)6-4-12/h3-6,13,15H,7-10H2,1-2H3,(H,18,21)(H,22,23). The van der Waals surface area contributed by atoms with Crippen LogP contribution in [-0.2, 0) is 14.4 Å². The van der Waals surface area contributed by atoms with Crippen molar-refractivity contribution >= 4 is 17.8 Å². The first-order chi connectivity index (χ1) is 11.4. The molecule has 0 saturated carbocycles. The highest BCUT2D eigenvalue weighted by Crippen LogP contribution is 2.21. The molecule has 1 atom stereocenters. The molecule has 2 N–H and O–H groups in total. The van der Waals surface area contributed by atoms with Crippen LogP contribution < -0.4 is 10.1 Å². The molecule has 7 nitrogen and oxygen atoms in total. The van der Waals surface area contributed by atoms with Gasteiger partial charge in [0, 0.05) is 25.9 Å². The van der Waals surface area contributed by atoms with Crippen LogP contribution in [0.5, 0.6) is 5.75 Å². The quantitative estimate of drug-likeness (QED) is 0.843. The summed E-state index contributed by atoms with van der Waals surface area (Å²) >= 11 is 0. The van der Waals surface area contributed by atoms with Gasteiger partial charge in [-0.1, -0.05) is 12.1 Å². The van der Waals surface area contributed by atoms with Crippen molar-refractivity contribution in [1.29, 1.82) is 0 Å². The number of benzene rings is 1. The average molecular weight is 334 g/mol. The molecule has 0 spiro atoms. The van der Waals surface area contributed by atoms with E-state index in [0.717, 1.165) is 0 Å². The van der Waals surface area contributed by atoms with Gasteiger partial charge in [-0.15, -0.1) is 0 Å². The van der Waals surface area contributed by atoms with E-state index in [9.17, 15) is 19.5 Å². The number of nitrogens with zero attached hydrogens (tertiary/aromatic N) is 1. The summed E-state index contributed by atoms with van der Waals surface area (Å²) < 4.78 is 5.05. The second-order valence-electron chi connectivity index (χ2n) is 5.83. The van der Waals surface area contributed by atoms with Crippen molar-refractivity contribution in [1.82, 2.24) is 10.2 Å². The van der Waals surface area contributed by atoms with Gasteiger partial charge in [0.2, 0.25) is 11.8 Å². The predicted molar refractivity (Wildman–Crippen MR) is 86.5 cm³/mol. The van der Waals surface area contributed by atoms with Crippen molar-refractivity contribution in [3.05, 3.63) is 29.8 Å². The number of piperidine rings is 1. The van der Waals surface area contributed by atoms with Gasteiger partial charge in [0.1, 0.15) is 5.75 Å². The number of nitrogens with one attached hydrogen (secondary N) is 1. The van der Waals surface area contributed by atoms with E-state index in [-0.39, 0.29) is 17.7 Å². The topological polar surface area (TPSA) is 95.9 Å². The number of likely N-dealkylation sites (tertiary alicyclic amines) is 1. The van der Waals surface area contributed by atoms with Crippen molar-refractivity contribution in [2.45, 2.75) is 25.8 Å². The number of hydrogen-bond donors (Lipinski definition) is 2. The summed E-state index contributed by atoms with van der Waals surface area (Å²) in [5.74, 6) is -1.07. The minimum absolute atomic E-state index is 0.00416. The number of carboxylic acids is 1. The Morgan fingerprint density at radius 1 is 1.21 bits per heavy atom. The van der Waals surface area contributed by atoms with Gasteiger partial charge in [-0.2, -0.15) is 0 Å². The summed E-state index contributed by atoms with van der Waals surface area (Å²) in [4.78, 5) is 36.9. The summed E-state index contributed by atoms with van der Waals surface area (Å²) in [6, 6.07) is 5.45. The van der Waals surface area contributed by atoms with Crippen LogP contribution in [0.3, 0.4) is 0 Å². The Morgan fingerprint density at radius 3 is 2.25 bits per heavy atom. The molecule has 1 aliphatic rings. The fourth-order valence-corrected chi connectivity index (χ4v) is 2.80. The van der Waals surface area contributed by atoms with Crippen LogP contribution in [0, 0.1) is 5.92 Å². The predicted octanol–water partition coefficient (Wildman–Crippen LogP) is 1.20. The molecule has 2 rings (SSSR count). The number of carboxylic acid groups (broad SMARTS) is 1. The molecule has 1 fully saturated rings. The second kappa shape index (κ2) is 7.81. The average Bonchev–Trinajstić information content (AvgIpc) is 2.59. The highest BCUT2D eigenvalue weighted by atomic mass is 16.5. The molecule has 0 bridgehead atoms. The highest BCUT2D eigenvalue weighted by molar-refractivity contribution is 5.86. The number of ether oxygens (including phenoxy) is 1. The number of hydrogen-bond acceptors (Lipinski definition) is 4. The highest BCUT2D eigenvalue weighted by Gasteiger charge is 2.29. The molecule has 0 aliphatic carbocycles. The Hall–Kier alpha value is -2.57. The maximum absolute atomic E-state index is 12.4. The summed E-state index contributed by atoms with van der Waals surface area (Å²) in [7, 11) is 1.53. The van der Waals surface area contributed by atoms with Gasteiger partial charge in [-0.25, -0.2) is 4.79 Å². The van der Waals surface area contributed by atoms with Crippen molar-refractivity contribution < 1.29 is 24.2 Å². The molecule has 1 aliphatic heterocycles. The van der Waals surface area contributed by atoms with E-state index >= 15 is 0 Å².